The van der Waals surface area contributed by atoms with Crippen LogP contribution < -0.4 is 0 Å². The molecule has 0 heterocycles. The van der Waals surface area contributed by atoms with Crippen LogP contribution in [-0.2, 0) is 12.6 Å². The summed E-state index contributed by atoms with van der Waals surface area (Å²) in [5.74, 6) is 0. The van der Waals surface area contributed by atoms with Gasteiger partial charge in [-0.15, -0.1) is 5.73 Å². The van der Waals surface area contributed by atoms with Gasteiger partial charge in [0.2, 0.25) is 0 Å². The summed E-state index contributed by atoms with van der Waals surface area (Å²) in [5.41, 5.74) is 3.83. The van der Waals surface area contributed by atoms with Crippen LogP contribution in [0.25, 0.3) is 0 Å². The van der Waals surface area contributed by atoms with Crippen molar-refractivity contribution in [2.75, 3.05) is 0 Å². The summed E-state index contributed by atoms with van der Waals surface area (Å²) in [4.78, 5) is 0. The van der Waals surface area contributed by atoms with Crippen molar-refractivity contribution in [2.45, 2.75) is 19.5 Å². The molecule has 1 aromatic rings. The van der Waals surface area contributed by atoms with E-state index in [1.165, 1.54) is 12.1 Å². The van der Waals surface area contributed by atoms with Gasteiger partial charge in [0.05, 0.1) is 5.56 Å². The highest BCUT2D eigenvalue weighted by molar-refractivity contribution is 5.27. The second kappa shape index (κ2) is 4.37. The van der Waals surface area contributed by atoms with Crippen LogP contribution in [0.3, 0.4) is 0 Å². The third-order valence-corrected chi connectivity index (χ3v) is 2.05. The Hall–Kier alpha value is -1.47. The number of halogens is 3. The molecule has 3 heteroatoms. The lowest BCUT2D eigenvalue weighted by Crippen LogP contribution is -2.04. The van der Waals surface area contributed by atoms with E-state index in [1.54, 1.807) is 0 Å². The van der Waals surface area contributed by atoms with E-state index in [9.17, 15) is 13.2 Å². The highest BCUT2D eigenvalue weighted by Gasteiger charge is 2.29. The van der Waals surface area contributed by atoms with Crippen molar-refractivity contribution in [3.63, 3.8) is 0 Å². The quantitative estimate of drug-likeness (QED) is 0.650. The molecule has 0 aliphatic rings. The molecule has 0 aliphatic carbocycles. The fraction of sp³-hybridized carbons (Fsp3) is 0.250. The average Bonchev–Trinajstić information content (AvgIpc) is 2.17. The molecule has 0 fully saturated rings. The van der Waals surface area contributed by atoms with E-state index < -0.39 is 11.7 Å². The van der Waals surface area contributed by atoms with Crippen LogP contribution in [0.2, 0.25) is 0 Å². The van der Waals surface area contributed by atoms with Gasteiger partial charge in [-0.05, 0) is 30.2 Å². The predicted molar refractivity (Wildman–Crippen MR) is 53.5 cm³/mol. The summed E-state index contributed by atoms with van der Waals surface area (Å²) in [6, 6.07) is 5.13. The van der Waals surface area contributed by atoms with Crippen LogP contribution in [0, 0.1) is 0 Å². The first kappa shape index (κ1) is 11.6. The second-order valence-corrected chi connectivity index (χ2v) is 3.33. The standard InChI is InChI=1S/C12H11F3/c1-3-9(2)8-10-4-6-11(7-5-10)12(13,14)15/h4-7H,1,8H2,2H3. The van der Waals surface area contributed by atoms with Gasteiger partial charge in [-0.25, -0.2) is 0 Å². The molecule has 0 saturated carbocycles. The van der Waals surface area contributed by atoms with Gasteiger partial charge < -0.3 is 0 Å². The fourth-order valence-corrected chi connectivity index (χ4v) is 1.18. The first-order valence-corrected chi connectivity index (χ1v) is 4.45. The van der Waals surface area contributed by atoms with Crippen molar-refractivity contribution in [3.8, 4) is 0 Å². The molecule has 0 aliphatic heterocycles. The first-order valence-electron chi connectivity index (χ1n) is 4.45. The summed E-state index contributed by atoms with van der Waals surface area (Å²) in [6.07, 6.45) is -3.68. The van der Waals surface area contributed by atoms with Gasteiger partial charge in [-0.2, -0.15) is 13.2 Å². The SMILES string of the molecule is C=C=C(C)Cc1ccc(C(F)(F)F)cc1. The maximum Gasteiger partial charge on any atom is 0.416 e. The monoisotopic (exact) mass is 212 g/mol. The van der Waals surface area contributed by atoms with Crippen molar-refractivity contribution in [3.05, 3.63) is 53.3 Å². The third kappa shape index (κ3) is 3.30. The van der Waals surface area contributed by atoms with Crippen LogP contribution in [0.5, 0.6) is 0 Å². The van der Waals surface area contributed by atoms with Gasteiger partial charge in [0, 0.05) is 6.42 Å². The minimum Gasteiger partial charge on any atom is -0.166 e. The van der Waals surface area contributed by atoms with Crippen molar-refractivity contribution in [2.24, 2.45) is 0 Å². The molecule has 1 aromatic carbocycles. The molecule has 0 saturated heterocycles. The predicted octanol–water partition coefficient (Wildman–Crippen LogP) is 3.98. The van der Waals surface area contributed by atoms with E-state index in [0.29, 0.717) is 6.42 Å². The summed E-state index contributed by atoms with van der Waals surface area (Å²) < 4.78 is 36.7. The van der Waals surface area contributed by atoms with E-state index in [-0.39, 0.29) is 0 Å². The molecular formula is C12H11F3. The molecule has 0 bridgehead atoms. The maximum absolute atomic E-state index is 12.2. The number of hydrogen-bond acceptors (Lipinski definition) is 0. The molecule has 0 nitrogen and oxygen atoms in total. The Labute approximate surface area is 86.7 Å². The van der Waals surface area contributed by atoms with Gasteiger partial charge in [0.25, 0.3) is 0 Å². The van der Waals surface area contributed by atoms with Gasteiger partial charge in [0.1, 0.15) is 0 Å². The Balaban J connectivity index is 2.86. The minimum atomic E-state index is -4.26. The third-order valence-electron chi connectivity index (χ3n) is 2.05. The number of benzene rings is 1. The summed E-state index contributed by atoms with van der Waals surface area (Å²) in [5, 5.41) is 0. The first-order chi connectivity index (χ1) is 6.93. The van der Waals surface area contributed by atoms with Crippen LogP contribution in [0.4, 0.5) is 13.2 Å². The molecule has 0 unspecified atom stereocenters. The average molecular weight is 212 g/mol. The maximum atomic E-state index is 12.2. The Morgan fingerprint density at radius 3 is 2.20 bits per heavy atom. The van der Waals surface area contributed by atoms with Gasteiger partial charge >= 0.3 is 6.18 Å². The molecule has 1 rings (SSSR count). The Morgan fingerprint density at radius 2 is 1.80 bits per heavy atom. The Morgan fingerprint density at radius 1 is 1.27 bits per heavy atom. The van der Waals surface area contributed by atoms with Crippen molar-refractivity contribution >= 4 is 0 Å². The van der Waals surface area contributed by atoms with Gasteiger partial charge in [-0.1, -0.05) is 18.7 Å². The minimum absolute atomic E-state index is 0.585. The number of alkyl halides is 3. The molecular weight excluding hydrogens is 201 g/mol. The van der Waals surface area contributed by atoms with Gasteiger partial charge in [0.15, 0.2) is 0 Å². The van der Waals surface area contributed by atoms with Crippen LogP contribution in [0.1, 0.15) is 18.1 Å². The van der Waals surface area contributed by atoms with Crippen molar-refractivity contribution < 1.29 is 13.2 Å². The van der Waals surface area contributed by atoms with E-state index in [4.69, 9.17) is 0 Å². The smallest absolute Gasteiger partial charge is 0.166 e. The second-order valence-electron chi connectivity index (χ2n) is 3.33. The molecule has 0 spiro atoms. The van der Waals surface area contributed by atoms with Crippen molar-refractivity contribution in [1.29, 1.82) is 0 Å². The topological polar surface area (TPSA) is 0 Å². The van der Waals surface area contributed by atoms with E-state index in [1.807, 2.05) is 6.92 Å². The molecule has 0 atom stereocenters. The molecule has 15 heavy (non-hydrogen) atoms. The normalized spacial score (nSPS) is 10.9. The highest BCUT2D eigenvalue weighted by atomic mass is 19.4. The molecule has 0 aromatic heterocycles. The summed E-state index contributed by atoms with van der Waals surface area (Å²) in [6.45, 7) is 5.31. The molecule has 0 amide bonds. The number of hydrogen-bond donors (Lipinski definition) is 0. The van der Waals surface area contributed by atoms with E-state index in [2.05, 4.69) is 12.3 Å². The van der Waals surface area contributed by atoms with Crippen LogP contribution in [0.15, 0.2) is 42.1 Å². The number of allylic oxidation sites excluding steroid dienone is 1. The summed E-state index contributed by atoms with van der Waals surface area (Å²) in [7, 11) is 0. The number of rotatable bonds is 2. The molecule has 0 radical (unpaired) electrons. The van der Waals surface area contributed by atoms with E-state index in [0.717, 1.165) is 23.3 Å². The van der Waals surface area contributed by atoms with Crippen LogP contribution >= 0.6 is 0 Å². The van der Waals surface area contributed by atoms with Crippen LogP contribution in [-0.4, -0.2) is 0 Å². The zero-order chi connectivity index (χ0) is 11.5. The Bertz CT molecular complexity index is 378. The summed E-state index contributed by atoms with van der Waals surface area (Å²) >= 11 is 0. The zero-order valence-electron chi connectivity index (χ0n) is 8.36. The zero-order valence-corrected chi connectivity index (χ0v) is 8.36. The molecule has 80 valence electrons. The lowest BCUT2D eigenvalue weighted by atomic mass is 10.1. The molecule has 0 N–H and O–H groups in total. The Kier molecular flexibility index (Phi) is 3.38. The lowest BCUT2D eigenvalue weighted by Gasteiger charge is -2.07. The van der Waals surface area contributed by atoms with E-state index >= 15 is 0 Å². The highest BCUT2D eigenvalue weighted by Crippen LogP contribution is 2.29. The lowest BCUT2D eigenvalue weighted by molar-refractivity contribution is -0.137. The van der Waals surface area contributed by atoms with Crippen molar-refractivity contribution in [1.82, 2.24) is 0 Å². The fourth-order valence-electron chi connectivity index (χ4n) is 1.18. The largest absolute Gasteiger partial charge is 0.416 e. The van der Waals surface area contributed by atoms with Gasteiger partial charge in [-0.3, -0.25) is 0 Å².